The summed E-state index contributed by atoms with van der Waals surface area (Å²) in [5, 5.41) is 3.10. The fourth-order valence-electron chi connectivity index (χ4n) is 3.29. The Morgan fingerprint density at radius 2 is 1.95 bits per heavy atom. The Morgan fingerprint density at radius 3 is 2.55 bits per heavy atom. The largest absolute Gasteiger partial charge is 0.497 e. The van der Waals surface area contributed by atoms with Crippen molar-refractivity contribution < 1.29 is 9.53 Å². The number of methoxy groups -OCH3 is 1. The molecule has 1 aromatic carbocycles. The summed E-state index contributed by atoms with van der Waals surface area (Å²) < 4.78 is 5.14. The van der Waals surface area contributed by atoms with E-state index in [4.69, 9.17) is 4.74 Å². The first-order valence-corrected chi connectivity index (χ1v) is 8.10. The smallest absolute Gasteiger partial charge is 0.220 e. The molecule has 3 aliphatic rings. The van der Waals surface area contributed by atoms with Crippen LogP contribution in [0.25, 0.3) is 0 Å². The number of nitrogens with zero attached hydrogens (tertiary/aromatic N) is 2. The lowest BCUT2D eigenvalue weighted by Crippen LogP contribution is -2.63. The Hall–Kier alpha value is -1.59. The maximum Gasteiger partial charge on any atom is 0.220 e. The summed E-state index contributed by atoms with van der Waals surface area (Å²) >= 11 is 0. The highest BCUT2D eigenvalue weighted by molar-refractivity contribution is 5.76. The van der Waals surface area contributed by atoms with Crippen LogP contribution in [0, 0.1) is 0 Å². The van der Waals surface area contributed by atoms with Gasteiger partial charge in [-0.2, -0.15) is 0 Å². The van der Waals surface area contributed by atoms with Gasteiger partial charge in [-0.3, -0.25) is 14.6 Å². The normalized spacial score (nSPS) is 26.7. The molecular weight excluding hydrogens is 278 g/mol. The van der Waals surface area contributed by atoms with E-state index in [1.54, 1.807) is 7.11 Å². The zero-order valence-electron chi connectivity index (χ0n) is 13.3. The van der Waals surface area contributed by atoms with Crippen LogP contribution < -0.4 is 10.1 Å². The van der Waals surface area contributed by atoms with Gasteiger partial charge in [0.05, 0.1) is 7.11 Å². The predicted molar refractivity (Wildman–Crippen MR) is 86.1 cm³/mol. The van der Waals surface area contributed by atoms with Crippen LogP contribution in [0.5, 0.6) is 5.75 Å². The Balaban J connectivity index is 1.39. The first kappa shape index (κ1) is 15.3. The molecule has 3 aliphatic heterocycles. The van der Waals surface area contributed by atoms with E-state index in [0.29, 0.717) is 12.5 Å². The topological polar surface area (TPSA) is 44.8 Å². The van der Waals surface area contributed by atoms with Crippen LogP contribution in [-0.4, -0.2) is 68.1 Å². The number of piperazine rings is 3. The van der Waals surface area contributed by atoms with E-state index < -0.39 is 0 Å². The monoisotopic (exact) mass is 303 g/mol. The number of nitrogens with one attached hydrogen (secondary N) is 1. The first-order valence-electron chi connectivity index (χ1n) is 8.10. The predicted octanol–water partition coefficient (Wildman–Crippen LogP) is 0.744. The molecule has 0 aliphatic carbocycles. The third-order valence-electron chi connectivity index (χ3n) is 4.73. The van der Waals surface area contributed by atoms with Crippen LogP contribution >= 0.6 is 0 Å². The van der Waals surface area contributed by atoms with Crippen LogP contribution in [0.3, 0.4) is 0 Å². The summed E-state index contributed by atoms with van der Waals surface area (Å²) in [7, 11) is 1.66. The molecule has 22 heavy (non-hydrogen) atoms. The number of fused-ring (bicyclic) bond motifs is 3. The number of benzene rings is 1. The molecule has 0 aromatic heterocycles. The van der Waals surface area contributed by atoms with Crippen LogP contribution in [-0.2, 0) is 11.2 Å². The lowest BCUT2D eigenvalue weighted by molar-refractivity contribution is -0.121. The van der Waals surface area contributed by atoms with Crippen molar-refractivity contribution in [1.29, 1.82) is 0 Å². The zero-order chi connectivity index (χ0) is 15.4. The Morgan fingerprint density at radius 1 is 1.23 bits per heavy atom. The van der Waals surface area contributed by atoms with Crippen LogP contribution in [0.4, 0.5) is 0 Å². The maximum atomic E-state index is 12.0. The van der Waals surface area contributed by atoms with Gasteiger partial charge in [-0.05, 0) is 24.1 Å². The molecule has 1 unspecified atom stereocenters. The van der Waals surface area contributed by atoms with E-state index in [0.717, 1.165) is 38.3 Å². The number of ether oxygens (including phenoxy) is 1. The highest BCUT2D eigenvalue weighted by Gasteiger charge is 2.31. The maximum absolute atomic E-state index is 12.0. The molecule has 5 heteroatoms. The minimum absolute atomic E-state index is 0.147. The van der Waals surface area contributed by atoms with Gasteiger partial charge in [0, 0.05) is 51.7 Å². The van der Waals surface area contributed by atoms with Gasteiger partial charge in [-0.1, -0.05) is 12.1 Å². The second-order valence-corrected chi connectivity index (χ2v) is 6.14. The third-order valence-corrected chi connectivity index (χ3v) is 4.73. The average Bonchev–Trinajstić information content (AvgIpc) is 2.59. The van der Waals surface area contributed by atoms with E-state index in [-0.39, 0.29) is 5.91 Å². The molecule has 2 bridgehead atoms. The van der Waals surface area contributed by atoms with Gasteiger partial charge in [-0.25, -0.2) is 0 Å². The number of carbonyl (C=O) groups excluding carboxylic acids is 1. The molecule has 1 atom stereocenters. The number of hydrogen-bond acceptors (Lipinski definition) is 4. The first-order chi connectivity index (χ1) is 10.7. The van der Waals surface area contributed by atoms with E-state index >= 15 is 0 Å². The highest BCUT2D eigenvalue weighted by atomic mass is 16.5. The molecule has 4 rings (SSSR count). The Kier molecular flexibility index (Phi) is 4.95. The molecule has 1 amide bonds. The summed E-state index contributed by atoms with van der Waals surface area (Å²) in [6.07, 6.45) is 1.32. The van der Waals surface area contributed by atoms with Gasteiger partial charge in [0.25, 0.3) is 0 Å². The molecule has 1 aromatic rings. The van der Waals surface area contributed by atoms with Crippen molar-refractivity contribution in [1.82, 2.24) is 15.1 Å². The molecule has 3 fully saturated rings. The number of hydrogen-bond donors (Lipinski definition) is 1. The average molecular weight is 303 g/mol. The SMILES string of the molecule is COc1ccc(CCC(=O)NCC2CN3CCN2CC3)cc1. The van der Waals surface area contributed by atoms with Gasteiger partial charge < -0.3 is 10.1 Å². The highest BCUT2D eigenvalue weighted by Crippen LogP contribution is 2.15. The second-order valence-electron chi connectivity index (χ2n) is 6.14. The minimum Gasteiger partial charge on any atom is -0.497 e. The molecule has 3 saturated heterocycles. The molecule has 120 valence electrons. The van der Waals surface area contributed by atoms with Gasteiger partial charge in [-0.15, -0.1) is 0 Å². The standard InChI is InChI=1S/C17H25N3O2/c1-22-16-5-2-14(3-6-16)4-7-17(21)18-12-15-13-19-8-10-20(15)11-9-19/h2-3,5-6,15H,4,7-13H2,1H3,(H,18,21). The quantitative estimate of drug-likeness (QED) is 0.842. The second kappa shape index (κ2) is 7.11. The summed E-state index contributed by atoms with van der Waals surface area (Å²) in [6, 6.07) is 8.41. The molecule has 3 heterocycles. The minimum atomic E-state index is 0.147. The van der Waals surface area contributed by atoms with Crippen molar-refractivity contribution in [2.45, 2.75) is 18.9 Å². The summed E-state index contributed by atoms with van der Waals surface area (Å²) in [4.78, 5) is 17.0. The fraction of sp³-hybridized carbons (Fsp3) is 0.588. The van der Waals surface area contributed by atoms with Gasteiger partial charge in [0.1, 0.15) is 5.75 Å². The van der Waals surface area contributed by atoms with E-state index in [9.17, 15) is 4.79 Å². The molecule has 0 radical (unpaired) electrons. The molecule has 1 N–H and O–H groups in total. The fourth-order valence-corrected chi connectivity index (χ4v) is 3.29. The van der Waals surface area contributed by atoms with Crippen molar-refractivity contribution in [3.05, 3.63) is 29.8 Å². The van der Waals surface area contributed by atoms with Gasteiger partial charge in [0.15, 0.2) is 0 Å². The summed E-state index contributed by atoms with van der Waals surface area (Å²) in [6.45, 7) is 6.53. The molecular formula is C17H25N3O2. The van der Waals surface area contributed by atoms with E-state index in [2.05, 4.69) is 15.1 Å². The van der Waals surface area contributed by atoms with Crippen molar-refractivity contribution in [3.8, 4) is 5.75 Å². The number of amides is 1. The molecule has 5 nitrogen and oxygen atoms in total. The van der Waals surface area contributed by atoms with Crippen molar-refractivity contribution in [3.63, 3.8) is 0 Å². The summed E-state index contributed by atoms with van der Waals surface area (Å²) in [5.41, 5.74) is 1.17. The van der Waals surface area contributed by atoms with Crippen LogP contribution in [0.2, 0.25) is 0 Å². The lowest BCUT2D eigenvalue weighted by Gasteiger charge is -2.47. The summed E-state index contributed by atoms with van der Waals surface area (Å²) in [5.74, 6) is 0.998. The molecule has 0 spiro atoms. The van der Waals surface area contributed by atoms with Crippen molar-refractivity contribution in [2.75, 3.05) is 46.4 Å². The zero-order valence-corrected chi connectivity index (χ0v) is 13.3. The number of rotatable bonds is 6. The number of aryl methyl sites for hydroxylation is 1. The van der Waals surface area contributed by atoms with Crippen LogP contribution in [0.15, 0.2) is 24.3 Å². The van der Waals surface area contributed by atoms with Gasteiger partial charge >= 0.3 is 0 Å². The lowest BCUT2D eigenvalue weighted by atomic mass is 10.1. The third kappa shape index (κ3) is 3.78. The van der Waals surface area contributed by atoms with E-state index in [1.807, 2.05) is 24.3 Å². The Bertz CT molecular complexity index is 495. The number of carbonyl (C=O) groups is 1. The van der Waals surface area contributed by atoms with Crippen molar-refractivity contribution >= 4 is 5.91 Å². The molecule has 0 saturated carbocycles. The van der Waals surface area contributed by atoms with Crippen LogP contribution in [0.1, 0.15) is 12.0 Å². The van der Waals surface area contributed by atoms with Gasteiger partial charge in [0.2, 0.25) is 5.91 Å². The Labute approximate surface area is 132 Å². The van der Waals surface area contributed by atoms with E-state index in [1.165, 1.54) is 18.7 Å². The van der Waals surface area contributed by atoms with Crippen molar-refractivity contribution in [2.24, 2.45) is 0 Å².